The molecule has 0 saturated carbocycles. The zero-order chi connectivity index (χ0) is 17.6. The molecule has 3 aromatic rings. The molecule has 0 aliphatic carbocycles. The topological polar surface area (TPSA) is 28.5 Å². The van der Waals surface area contributed by atoms with Crippen LogP contribution in [-0.4, -0.2) is 29.5 Å². The molecule has 0 radical (unpaired) electrons. The highest BCUT2D eigenvalue weighted by Gasteiger charge is 2.34. The van der Waals surface area contributed by atoms with Crippen LogP contribution in [0.3, 0.4) is 0 Å². The zero-order valence-corrected chi connectivity index (χ0v) is 15.6. The lowest BCUT2D eigenvalue weighted by molar-refractivity contribution is 0.0711. The smallest absolute Gasteiger partial charge is 0.257 e. The first-order valence-corrected chi connectivity index (χ1v) is 8.88. The highest BCUT2D eigenvalue weighted by atomic mass is 79.9. The molecule has 2 heterocycles. The maximum atomic E-state index is 12.8. The normalized spacial score (nSPS) is 16.9. The fourth-order valence-corrected chi connectivity index (χ4v) is 3.85. The zero-order valence-electron chi connectivity index (χ0n) is 14.1. The predicted octanol–water partition coefficient (Wildman–Crippen LogP) is 4.46. The molecule has 0 unspecified atom stereocenters. The van der Waals surface area contributed by atoms with E-state index in [0.29, 0.717) is 0 Å². The van der Waals surface area contributed by atoms with Crippen molar-refractivity contribution in [3.63, 3.8) is 0 Å². The Bertz CT molecular complexity index is 949. The lowest BCUT2D eigenvalue weighted by Gasteiger charge is -2.41. The van der Waals surface area contributed by atoms with Gasteiger partial charge in [-0.25, -0.2) is 0 Å². The molecular formula is C20H18BrN3O. The molecule has 5 heteroatoms. The first-order chi connectivity index (χ1) is 12.1. The molecular weight excluding hydrogens is 378 g/mol. The number of benzene rings is 2. The third-order valence-corrected chi connectivity index (χ3v) is 5.18. The number of hydrogen-bond donors (Lipinski definition) is 0. The molecule has 1 aliphatic heterocycles. The maximum absolute atomic E-state index is 12.8. The number of hydrogen-bond acceptors (Lipinski definition) is 2. The third kappa shape index (κ3) is 2.65. The number of nitrogens with zero attached hydrogens (tertiary/aromatic N) is 3. The largest absolute Gasteiger partial charge is 0.350 e. The monoisotopic (exact) mass is 395 g/mol. The number of fused-ring (bicyclic) bond motifs is 1. The summed E-state index contributed by atoms with van der Waals surface area (Å²) in [6, 6.07) is 18.0. The molecule has 1 aliphatic rings. The van der Waals surface area contributed by atoms with Gasteiger partial charge in [0.15, 0.2) is 0 Å². The van der Waals surface area contributed by atoms with Gasteiger partial charge in [0.1, 0.15) is 6.17 Å². The molecule has 2 aromatic carbocycles. The number of anilines is 1. The summed E-state index contributed by atoms with van der Waals surface area (Å²) in [5.41, 5.74) is 3.86. The van der Waals surface area contributed by atoms with Gasteiger partial charge in [0.2, 0.25) is 0 Å². The second kappa shape index (κ2) is 6.08. The van der Waals surface area contributed by atoms with E-state index in [9.17, 15) is 4.79 Å². The van der Waals surface area contributed by atoms with Gasteiger partial charge in [-0.1, -0.05) is 34.1 Å². The van der Waals surface area contributed by atoms with Gasteiger partial charge in [-0.05, 0) is 36.4 Å². The summed E-state index contributed by atoms with van der Waals surface area (Å²) >= 11 is 3.51. The molecule has 4 rings (SSSR count). The van der Waals surface area contributed by atoms with Gasteiger partial charge in [0.05, 0.1) is 11.3 Å². The van der Waals surface area contributed by atoms with Crippen LogP contribution in [0.2, 0.25) is 0 Å². The van der Waals surface area contributed by atoms with Crippen molar-refractivity contribution in [2.45, 2.75) is 6.17 Å². The van der Waals surface area contributed by atoms with Gasteiger partial charge < -0.3 is 14.4 Å². The van der Waals surface area contributed by atoms with Crippen molar-refractivity contribution in [1.29, 1.82) is 0 Å². The average molecular weight is 396 g/mol. The van der Waals surface area contributed by atoms with Gasteiger partial charge in [0.25, 0.3) is 5.91 Å². The fourth-order valence-electron chi connectivity index (χ4n) is 3.46. The Hall–Kier alpha value is -2.53. The van der Waals surface area contributed by atoms with Crippen LogP contribution in [0.4, 0.5) is 5.69 Å². The van der Waals surface area contributed by atoms with Crippen LogP contribution in [0.25, 0.3) is 5.69 Å². The van der Waals surface area contributed by atoms with Crippen LogP contribution in [-0.2, 0) is 0 Å². The lowest BCUT2D eigenvalue weighted by Crippen LogP contribution is -2.45. The Morgan fingerprint density at radius 1 is 0.960 bits per heavy atom. The van der Waals surface area contributed by atoms with Crippen molar-refractivity contribution in [2.24, 2.45) is 0 Å². The highest BCUT2D eigenvalue weighted by molar-refractivity contribution is 9.10. The fraction of sp³-hybridized carbons (Fsp3) is 0.150. The van der Waals surface area contributed by atoms with E-state index in [4.69, 9.17) is 0 Å². The van der Waals surface area contributed by atoms with Crippen LogP contribution >= 0.6 is 15.9 Å². The molecule has 1 atom stereocenters. The molecule has 0 fully saturated rings. The number of amides is 1. The quantitative estimate of drug-likeness (QED) is 0.640. The Balaban J connectivity index is 1.74. The van der Waals surface area contributed by atoms with E-state index in [-0.39, 0.29) is 12.1 Å². The van der Waals surface area contributed by atoms with Crippen molar-refractivity contribution in [3.8, 4) is 5.69 Å². The number of carbonyl (C=O) groups excluding carboxylic acids is 1. The van der Waals surface area contributed by atoms with Crippen LogP contribution in [0.1, 0.15) is 22.1 Å². The minimum atomic E-state index is -0.129. The number of halogens is 1. The van der Waals surface area contributed by atoms with Gasteiger partial charge in [0, 0.05) is 42.2 Å². The van der Waals surface area contributed by atoms with Crippen molar-refractivity contribution in [1.82, 2.24) is 9.47 Å². The first-order valence-electron chi connectivity index (χ1n) is 8.09. The Morgan fingerprint density at radius 2 is 1.76 bits per heavy atom. The van der Waals surface area contributed by atoms with Crippen LogP contribution in [0.5, 0.6) is 0 Å². The molecule has 0 spiro atoms. The maximum Gasteiger partial charge on any atom is 0.257 e. The van der Waals surface area contributed by atoms with E-state index in [2.05, 4.69) is 49.8 Å². The summed E-state index contributed by atoms with van der Waals surface area (Å²) in [5, 5.41) is 0. The highest BCUT2D eigenvalue weighted by Crippen LogP contribution is 2.36. The summed E-state index contributed by atoms with van der Waals surface area (Å²) in [4.78, 5) is 16.7. The van der Waals surface area contributed by atoms with Crippen LogP contribution < -0.4 is 4.90 Å². The molecule has 0 bridgehead atoms. The Kier molecular flexibility index (Phi) is 3.88. The average Bonchev–Trinajstić information content (AvgIpc) is 3.10. The van der Waals surface area contributed by atoms with E-state index < -0.39 is 0 Å². The molecule has 1 amide bonds. The van der Waals surface area contributed by atoms with Gasteiger partial charge in [-0.15, -0.1) is 0 Å². The molecule has 1 aromatic heterocycles. The number of para-hydroxylation sites is 1. The second-order valence-corrected chi connectivity index (χ2v) is 7.17. The first kappa shape index (κ1) is 16.0. The SMILES string of the molecule is CN1C(=O)c2ccccc2N(C)[C@@H]1c1ccn(-c2cccc(Br)c2)c1. The number of carbonyl (C=O) groups is 1. The summed E-state index contributed by atoms with van der Waals surface area (Å²) in [5.74, 6) is 0.0499. The summed E-state index contributed by atoms with van der Waals surface area (Å²) in [6.07, 6.45) is 3.99. The number of rotatable bonds is 2. The van der Waals surface area contributed by atoms with Crippen LogP contribution in [0.15, 0.2) is 71.5 Å². The van der Waals surface area contributed by atoms with Crippen molar-refractivity contribution in [3.05, 3.63) is 82.6 Å². The van der Waals surface area contributed by atoms with Gasteiger partial charge >= 0.3 is 0 Å². The van der Waals surface area contributed by atoms with Crippen molar-refractivity contribution >= 4 is 27.5 Å². The van der Waals surface area contributed by atoms with E-state index >= 15 is 0 Å². The van der Waals surface area contributed by atoms with E-state index in [1.54, 1.807) is 4.90 Å². The Morgan fingerprint density at radius 3 is 2.56 bits per heavy atom. The Labute approximate surface area is 155 Å². The summed E-state index contributed by atoms with van der Waals surface area (Å²) in [6.45, 7) is 0. The molecule has 126 valence electrons. The van der Waals surface area contributed by atoms with E-state index in [0.717, 1.165) is 27.0 Å². The van der Waals surface area contributed by atoms with Crippen LogP contribution in [0, 0.1) is 0 Å². The standard InChI is InChI=1S/C20H18BrN3O/c1-22-18-9-4-3-8-17(18)20(25)23(2)19(22)14-10-11-24(13-14)16-7-5-6-15(21)12-16/h3-13,19H,1-2H3/t19-/m0/s1. The molecule has 4 nitrogen and oxygen atoms in total. The van der Waals surface area contributed by atoms with Gasteiger partial charge in [-0.3, -0.25) is 4.79 Å². The molecule has 25 heavy (non-hydrogen) atoms. The summed E-state index contributed by atoms with van der Waals surface area (Å²) in [7, 11) is 3.89. The second-order valence-electron chi connectivity index (χ2n) is 6.25. The minimum absolute atomic E-state index is 0.0499. The molecule has 0 saturated heterocycles. The lowest BCUT2D eigenvalue weighted by atomic mass is 10.0. The van der Waals surface area contributed by atoms with E-state index in [1.165, 1.54) is 0 Å². The summed E-state index contributed by atoms with van der Waals surface area (Å²) < 4.78 is 3.11. The minimum Gasteiger partial charge on any atom is -0.350 e. The van der Waals surface area contributed by atoms with Gasteiger partial charge in [-0.2, -0.15) is 0 Å². The molecule has 0 N–H and O–H groups in total. The van der Waals surface area contributed by atoms with Crippen molar-refractivity contribution in [2.75, 3.05) is 19.0 Å². The third-order valence-electron chi connectivity index (χ3n) is 4.69. The van der Waals surface area contributed by atoms with E-state index in [1.807, 2.05) is 56.7 Å². The number of aromatic nitrogens is 1. The van der Waals surface area contributed by atoms with Crippen molar-refractivity contribution < 1.29 is 4.79 Å². The predicted molar refractivity (Wildman–Crippen MR) is 103 cm³/mol.